The van der Waals surface area contributed by atoms with E-state index in [-0.39, 0.29) is 30.3 Å². The second-order valence-electron chi connectivity index (χ2n) is 9.91. The molecule has 5 atom stereocenters. The molecule has 8 heteroatoms. The van der Waals surface area contributed by atoms with Crippen molar-refractivity contribution < 1.29 is 19.4 Å². The molecule has 8 nitrogen and oxygen atoms in total. The van der Waals surface area contributed by atoms with Crippen molar-refractivity contribution in [2.75, 3.05) is 30.3 Å². The van der Waals surface area contributed by atoms with Gasteiger partial charge in [-0.25, -0.2) is 0 Å². The molecule has 0 aliphatic carbocycles. The largest absolute Gasteiger partial charge is 0.392 e. The van der Waals surface area contributed by atoms with Crippen molar-refractivity contribution in [2.45, 2.75) is 69.7 Å². The molecule has 0 saturated carbocycles. The highest BCUT2D eigenvalue weighted by atomic mass is 16.6. The number of nitrogens with one attached hydrogen (secondary N) is 4. The number of benzene rings is 2. The Morgan fingerprint density at radius 3 is 1.83 bits per heavy atom. The maximum Gasteiger partial charge on any atom is 0.243 e. The first kappa shape index (κ1) is 24.6. The van der Waals surface area contributed by atoms with Crippen LogP contribution in [-0.2, 0) is 27.4 Å². The molecule has 5 unspecified atom stereocenters. The summed E-state index contributed by atoms with van der Waals surface area (Å²) in [7, 11) is 0. The molecule has 0 aromatic heterocycles. The van der Waals surface area contributed by atoms with Crippen LogP contribution in [0.2, 0.25) is 0 Å². The van der Waals surface area contributed by atoms with E-state index >= 15 is 0 Å². The summed E-state index contributed by atoms with van der Waals surface area (Å²) in [6.07, 6.45) is 2.42. The van der Waals surface area contributed by atoms with E-state index in [0.717, 1.165) is 42.1 Å². The molecule has 4 heterocycles. The zero-order valence-electron chi connectivity index (χ0n) is 21.0. The number of rotatable bonds is 7. The van der Waals surface area contributed by atoms with Crippen LogP contribution in [0.5, 0.6) is 0 Å². The fourth-order valence-electron chi connectivity index (χ4n) is 5.58. The molecule has 0 radical (unpaired) electrons. The lowest BCUT2D eigenvalue weighted by Crippen LogP contribution is -2.62. The molecule has 36 heavy (non-hydrogen) atoms. The molecule has 192 valence electrons. The Morgan fingerprint density at radius 1 is 0.833 bits per heavy atom. The normalized spacial score (nSPS) is 27.5. The Balaban J connectivity index is 0.00000130. The van der Waals surface area contributed by atoms with Gasteiger partial charge in [0.1, 0.15) is 12.1 Å². The number of carbonyl (C=O) groups is 2. The average molecular weight is 493 g/mol. The zero-order chi connectivity index (χ0) is 25.2. The highest BCUT2D eigenvalue weighted by molar-refractivity contribution is 5.97. The van der Waals surface area contributed by atoms with Crippen molar-refractivity contribution in [2.24, 2.45) is 0 Å². The van der Waals surface area contributed by atoms with Crippen LogP contribution < -0.4 is 21.3 Å². The van der Waals surface area contributed by atoms with Gasteiger partial charge < -0.3 is 31.1 Å². The van der Waals surface area contributed by atoms with E-state index in [1.54, 1.807) is 0 Å². The monoisotopic (exact) mass is 492 g/mol. The van der Waals surface area contributed by atoms with Crippen LogP contribution in [0.25, 0.3) is 0 Å². The van der Waals surface area contributed by atoms with Crippen molar-refractivity contribution in [3.63, 3.8) is 0 Å². The molecule has 2 aromatic carbocycles. The number of anilines is 2. The van der Waals surface area contributed by atoms with Gasteiger partial charge in [-0.15, -0.1) is 0 Å². The number of piperazine rings is 1. The van der Waals surface area contributed by atoms with Crippen LogP contribution in [0.15, 0.2) is 36.4 Å². The second kappa shape index (κ2) is 10.5. The molecular formula is C28H36N4O4. The van der Waals surface area contributed by atoms with Crippen molar-refractivity contribution in [1.82, 2.24) is 10.6 Å². The van der Waals surface area contributed by atoms with Crippen LogP contribution in [0, 0.1) is 0 Å². The number of epoxide rings is 1. The maximum atomic E-state index is 12.9. The van der Waals surface area contributed by atoms with Crippen LogP contribution in [0.1, 0.15) is 60.8 Å². The lowest BCUT2D eigenvalue weighted by Gasteiger charge is -2.32. The third-order valence-corrected chi connectivity index (χ3v) is 7.55. The predicted octanol–water partition coefficient (Wildman–Crippen LogP) is 2.63. The Morgan fingerprint density at radius 2 is 1.33 bits per heavy atom. The Kier molecular flexibility index (Phi) is 7.16. The SMILES string of the molecule is CC.O=C1NC(CC2CNc3cc(CC4CO4)ccc32)C(=O)NC1CC1CNc2cc(CO)ccc21. The lowest BCUT2D eigenvalue weighted by molar-refractivity contribution is -0.137. The van der Waals surface area contributed by atoms with Crippen molar-refractivity contribution >= 4 is 23.2 Å². The number of amides is 2. The van der Waals surface area contributed by atoms with Gasteiger partial charge in [-0.1, -0.05) is 38.1 Å². The van der Waals surface area contributed by atoms with E-state index in [9.17, 15) is 14.7 Å². The fraction of sp³-hybridized carbons (Fsp3) is 0.500. The summed E-state index contributed by atoms with van der Waals surface area (Å²) in [5.41, 5.74) is 6.58. The summed E-state index contributed by atoms with van der Waals surface area (Å²) < 4.78 is 5.33. The van der Waals surface area contributed by atoms with Gasteiger partial charge >= 0.3 is 0 Å². The van der Waals surface area contributed by atoms with Gasteiger partial charge in [0.25, 0.3) is 0 Å². The van der Waals surface area contributed by atoms with E-state index in [0.29, 0.717) is 25.5 Å². The molecule has 2 aromatic rings. The maximum absolute atomic E-state index is 12.9. The molecule has 5 N–H and O–H groups in total. The van der Waals surface area contributed by atoms with Crippen LogP contribution in [0.3, 0.4) is 0 Å². The first-order valence-corrected chi connectivity index (χ1v) is 13.1. The molecule has 2 amide bonds. The molecular weight excluding hydrogens is 456 g/mol. The molecule has 4 aliphatic heterocycles. The third kappa shape index (κ3) is 5.06. The molecule has 0 spiro atoms. The Hall–Kier alpha value is -3.10. The lowest BCUT2D eigenvalue weighted by atomic mass is 9.89. The highest BCUT2D eigenvalue weighted by Gasteiger charge is 2.38. The highest BCUT2D eigenvalue weighted by Crippen LogP contribution is 2.37. The number of aliphatic hydroxyl groups excluding tert-OH is 1. The number of hydrogen-bond donors (Lipinski definition) is 5. The van der Waals surface area contributed by atoms with Gasteiger partial charge in [-0.2, -0.15) is 0 Å². The Labute approximate surface area is 212 Å². The minimum atomic E-state index is -0.541. The standard InChI is InChI=1S/C26H30N4O4.C2H6/c31-12-15-2-4-20-17(11-28-22(20)7-15)9-24-26(33)29-23(25(32)30-24)8-16-10-27-21-6-14(1-3-19(16)21)5-18-13-34-18;1-2/h1-4,6-7,16-18,23-24,27-28,31H,5,8-13H2,(H,29,33)(H,30,32);1-2H3. The van der Waals surface area contributed by atoms with Crippen LogP contribution >= 0.6 is 0 Å². The molecule has 2 fully saturated rings. The molecule has 4 aliphatic rings. The number of fused-ring (bicyclic) bond motifs is 2. The summed E-state index contributed by atoms with van der Waals surface area (Å²) in [6, 6.07) is 11.3. The van der Waals surface area contributed by atoms with E-state index < -0.39 is 12.1 Å². The van der Waals surface area contributed by atoms with Gasteiger partial charge in [-0.3, -0.25) is 9.59 Å². The minimum absolute atomic E-state index is 0.000317. The van der Waals surface area contributed by atoms with Gasteiger partial charge in [0.2, 0.25) is 11.8 Å². The minimum Gasteiger partial charge on any atom is -0.392 e. The third-order valence-electron chi connectivity index (χ3n) is 7.55. The zero-order valence-corrected chi connectivity index (χ0v) is 21.0. The summed E-state index contributed by atoms with van der Waals surface area (Å²) in [5, 5.41) is 22.1. The van der Waals surface area contributed by atoms with Gasteiger partial charge in [0.15, 0.2) is 0 Å². The van der Waals surface area contributed by atoms with Crippen molar-refractivity contribution in [3.8, 4) is 0 Å². The summed E-state index contributed by atoms with van der Waals surface area (Å²) in [6.45, 7) is 6.33. The molecule has 6 rings (SSSR count). The number of aliphatic hydroxyl groups is 1. The van der Waals surface area contributed by atoms with Gasteiger partial charge in [-0.05, 0) is 47.2 Å². The Bertz CT molecular complexity index is 1130. The van der Waals surface area contributed by atoms with Crippen molar-refractivity contribution in [3.05, 3.63) is 58.7 Å². The second-order valence-corrected chi connectivity index (χ2v) is 9.91. The van der Waals surface area contributed by atoms with Gasteiger partial charge in [0.05, 0.1) is 19.3 Å². The topological polar surface area (TPSA) is 115 Å². The summed E-state index contributed by atoms with van der Waals surface area (Å²) in [5.74, 6) is 0.0929. The van der Waals surface area contributed by atoms with E-state index in [1.165, 1.54) is 11.1 Å². The van der Waals surface area contributed by atoms with Crippen LogP contribution in [0.4, 0.5) is 11.4 Å². The number of hydrogen-bond acceptors (Lipinski definition) is 6. The molecule has 2 saturated heterocycles. The predicted molar refractivity (Wildman–Crippen MR) is 139 cm³/mol. The van der Waals surface area contributed by atoms with Crippen LogP contribution in [-0.4, -0.2) is 54.8 Å². The molecule has 0 bridgehead atoms. The van der Waals surface area contributed by atoms with E-state index in [2.05, 4.69) is 39.5 Å². The number of carbonyl (C=O) groups excluding carboxylic acids is 2. The first-order valence-electron chi connectivity index (χ1n) is 13.1. The average Bonchev–Trinajstić information content (AvgIpc) is 3.49. The summed E-state index contributed by atoms with van der Waals surface area (Å²) >= 11 is 0. The fourth-order valence-corrected chi connectivity index (χ4v) is 5.58. The van der Waals surface area contributed by atoms with Gasteiger partial charge in [0, 0.05) is 42.7 Å². The quantitative estimate of drug-likeness (QED) is 0.380. The summed E-state index contributed by atoms with van der Waals surface area (Å²) in [4.78, 5) is 25.8. The van der Waals surface area contributed by atoms with E-state index in [1.807, 2.05) is 32.0 Å². The van der Waals surface area contributed by atoms with E-state index in [4.69, 9.17) is 4.74 Å². The van der Waals surface area contributed by atoms with Crippen molar-refractivity contribution in [1.29, 1.82) is 0 Å². The number of ether oxygens (including phenoxy) is 1. The smallest absolute Gasteiger partial charge is 0.243 e. The first-order chi connectivity index (χ1) is 17.6.